The molecule has 0 aliphatic carbocycles. The lowest BCUT2D eigenvalue weighted by atomic mass is 10.1. The van der Waals surface area contributed by atoms with Crippen molar-refractivity contribution in [3.8, 4) is 5.88 Å². The number of methoxy groups -OCH3 is 1. The van der Waals surface area contributed by atoms with Gasteiger partial charge in [0.1, 0.15) is 0 Å². The van der Waals surface area contributed by atoms with E-state index in [0.717, 1.165) is 42.1 Å². The summed E-state index contributed by atoms with van der Waals surface area (Å²) in [4.78, 5) is 21.6. The first-order valence-electron chi connectivity index (χ1n) is 9.53. The van der Waals surface area contributed by atoms with Crippen molar-refractivity contribution in [2.45, 2.75) is 58.8 Å². The minimum Gasteiger partial charge on any atom is -0.481 e. The lowest BCUT2D eigenvalue weighted by Crippen LogP contribution is -2.30. The number of pyridine rings is 1. The number of nitrogens with zero attached hydrogens (tertiary/aromatic N) is 4. The molecule has 0 radical (unpaired) electrons. The summed E-state index contributed by atoms with van der Waals surface area (Å²) in [6.07, 6.45) is 2.14. The van der Waals surface area contributed by atoms with Gasteiger partial charge in [0.25, 0.3) is 5.91 Å². The van der Waals surface area contributed by atoms with E-state index in [1.54, 1.807) is 7.11 Å². The maximum absolute atomic E-state index is 12.7. The Morgan fingerprint density at radius 2 is 2.19 bits per heavy atom. The van der Waals surface area contributed by atoms with Crippen molar-refractivity contribution in [2.75, 3.05) is 13.7 Å². The van der Waals surface area contributed by atoms with Crippen LogP contribution < -0.4 is 4.74 Å². The van der Waals surface area contributed by atoms with E-state index < -0.39 is 0 Å². The van der Waals surface area contributed by atoms with Crippen molar-refractivity contribution in [1.29, 1.82) is 0 Å². The molecule has 1 unspecified atom stereocenters. The number of aromatic nitrogens is 2. The number of carbonyl (C=O) groups excluding carboxylic acids is 1. The van der Waals surface area contributed by atoms with Crippen LogP contribution in [0.15, 0.2) is 16.7 Å². The quantitative estimate of drug-likeness (QED) is 0.805. The number of rotatable bonds is 5. The number of amides is 1. The maximum Gasteiger partial charge on any atom is 0.256 e. The van der Waals surface area contributed by atoms with Crippen LogP contribution in [0.5, 0.6) is 5.88 Å². The summed E-state index contributed by atoms with van der Waals surface area (Å²) < 4.78 is 11.1. The average molecular weight is 370 g/mol. The van der Waals surface area contributed by atoms with Gasteiger partial charge in [-0.15, -0.1) is 0 Å². The zero-order valence-corrected chi connectivity index (χ0v) is 16.4. The van der Waals surface area contributed by atoms with Crippen LogP contribution >= 0.6 is 0 Å². The van der Waals surface area contributed by atoms with Crippen molar-refractivity contribution in [2.24, 2.45) is 0 Å². The molecule has 0 saturated carbocycles. The van der Waals surface area contributed by atoms with Gasteiger partial charge in [-0.2, -0.15) is 0 Å². The molecule has 7 nitrogen and oxygen atoms in total. The van der Waals surface area contributed by atoms with E-state index in [4.69, 9.17) is 9.26 Å². The first-order chi connectivity index (χ1) is 13.0. The van der Waals surface area contributed by atoms with E-state index in [0.29, 0.717) is 24.5 Å². The molecule has 27 heavy (non-hydrogen) atoms. The molecule has 0 spiro atoms. The molecular weight excluding hydrogens is 344 g/mol. The number of carbonyl (C=O) groups is 1. The van der Waals surface area contributed by atoms with E-state index in [1.807, 2.05) is 37.8 Å². The van der Waals surface area contributed by atoms with Crippen LogP contribution in [0, 0.1) is 6.92 Å². The van der Waals surface area contributed by atoms with Crippen molar-refractivity contribution >= 4 is 5.91 Å². The van der Waals surface area contributed by atoms with E-state index in [2.05, 4.69) is 15.0 Å². The van der Waals surface area contributed by atoms with Crippen molar-refractivity contribution in [1.82, 2.24) is 19.9 Å². The second-order valence-electron chi connectivity index (χ2n) is 7.68. The Labute approximate surface area is 159 Å². The lowest BCUT2D eigenvalue weighted by Gasteiger charge is -2.23. The highest BCUT2D eigenvalue weighted by Crippen LogP contribution is 2.36. The fourth-order valence-electron chi connectivity index (χ4n) is 4.07. The van der Waals surface area contributed by atoms with Gasteiger partial charge in [-0.3, -0.25) is 9.69 Å². The van der Waals surface area contributed by atoms with E-state index in [9.17, 15) is 4.79 Å². The summed E-state index contributed by atoms with van der Waals surface area (Å²) in [5, 5.41) is 4.03. The number of fused-ring (bicyclic) bond motifs is 1. The topological polar surface area (TPSA) is 71.7 Å². The molecule has 2 aromatic rings. The fraction of sp³-hybridized carbons (Fsp3) is 0.550. The minimum atomic E-state index is 0.0558. The zero-order chi connectivity index (χ0) is 19.1. The molecule has 2 aromatic heterocycles. The monoisotopic (exact) mass is 370 g/mol. The molecule has 2 aliphatic heterocycles. The predicted molar refractivity (Wildman–Crippen MR) is 99.4 cm³/mol. The van der Waals surface area contributed by atoms with Gasteiger partial charge < -0.3 is 14.2 Å². The Bertz CT molecular complexity index is 861. The first-order valence-corrected chi connectivity index (χ1v) is 9.53. The van der Waals surface area contributed by atoms with Gasteiger partial charge in [0.05, 0.1) is 36.6 Å². The van der Waals surface area contributed by atoms with Crippen LogP contribution in [-0.4, -0.2) is 45.5 Å². The van der Waals surface area contributed by atoms with E-state index in [1.165, 1.54) is 0 Å². The number of ether oxygens (including phenoxy) is 1. The van der Waals surface area contributed by atoms with Crippen molar-refractivity contribution in [3.63, 3.8) is 0 Å². The van der Waals surface area contributed by atoms with Crippen LogP contribution in [0.1, 0.15) is 65.8 Å². The molecule has 1 atom stereocenters. The third kappa shape index (κ3) is 3.20. The highest BCUT2D eigenvalue weighted by molar-refractivity contribution is 5.98. The Balaban J connectivity index is 1.62. The first kappa shape index (κ1) is 18.0. The number of hydrogen-bond donors (Lipinski definition) is 0. The SMILES string of the molecule is COc1nc2c(cc1CN1CCCC1c1cc(C)no1)C(=O)N(C(C)C)C2. The second kappa shape index (κ2) is 6.96. The van der Waals surface area contributed by atoms with Gasteiger partial charge in [-0.1, -0.05) is 5.16 Å². The number of aryl methyl sites for hydroxylation is 1. The molecule has 4 rings (SSSR count). The van der Waals surface area contributed by atoms with E-state index >= 15 is 0 Å². The molecule has 144 valence electrons. The van der Waals surface area contributed by atoms with Gasteiger partial charge in [-0.05, 0) is 46.2 Å². The summed E-state index contributed by atoms with van der Waals surface area (Å²) in [5.41, 5.74) is 3.34. The van der Waals surface area contributed by atoms with Gasteiger partial charge in [0.15, 0.2) is 5.76 Å². The molecule has 0 N–H and O–H groups in total. The number of hydrogen-bond acceptors (Lipinski definition) is 6. The highest BCUT2D eigenvalue weighted by atomic mass is 16.5. The summed E-state index contributed by atoms with van der Waals surface area (Å²) in [7, 11) is 1.64. The van der Waals surface area contributed by atoms with Crippen LogP contribution in [0.4, 0.5) is 0 Å². The molecule has 0 bridgehead atoms. The Morgan fingerprint density at radius 3 is 2.85 bits per heavy atom. The zero-order valence-electron chi connectivity index (χ0n) is 16.4. The smallest absolute Gasteiger partial charge is 0.256 e. The molecule has 4 heterocycles. The van der Waals surface area contributed by atoms with Crippen LogP contribution in [0.2, 0.25) is 0 Å². The van der Waals surface area contributed by atoms with Crippen LogP contribution in [0.3, 0.4) is 0 Å². The van der Waals surface area contributed by atoms with Crippen LogP contribution in [-0.2, 0) is 13.1 Å². The van der Waals surface area contributed by atoms with Gasteiger partial charge in [0, 0.05) is 24.2 Å². The van der Waals surface area contributed by atoms with Gasteiger partial charge in [0.2, 0.25) is 5.88 Å². The average Bonchev–Trinajstić information content (AvgIpc) is 3.34. The molecule has 2 aliphatic rings. The van der Waals surface area contributed by atoms with E-state index in [-0.39, 0.29) is 18.0 Å². The van der Waals surface area contributed by atoms with Crippen molar-refractivity contribution < 1.29 is 14.1 Å². The highest BCUT2D eigenvalue weighted by Gasteiger charge is 2.34. The summed E-state index contributed by atoms with van der Waals surface area (Å²) >= 11 is 0. The Morgan fingerprint density at radius 1 is 1.37 bits per heavy atom. The third-order valence-corrected chi connectivity index (χ3v) is 5.48. The molecular formula is C20H26N4O3. The predicted octanol–water partition coefficient (Wildman–Crippen LogP) is 3.09. The molecule has 0 aromatic carbocycles. The lowest BCUT2D eigenvalue weighted by molar-refractivity contribution is 0.0730. The Kier molecular flexibility index (Phi) is 4.63. The minimum absolute atomic E-state index is 0.0558. The molecule has 1 fully saturated rings. The summed E-state index contributed by atoms with van der Waals surface area (Å²) in [6.45, 7) is 8.17. The Hall–Kier alpha value is -2.41. The van der Waals surface area contributed by atoms with Gasteiger partial charge in [-0.25, -0.2) is 4.98 Å². The fourth-order valence-corrected chi connectivity index (χ4v) is 4.07. The third-order valence-electron chi connectivity index (χ3n) is 5.48. The standard InChI is InChI=1S/C20H26N4O3/c1-12(2)24-11-16-15(20(24)25)9-14(19(21-16)26-4)10-23-7-5-6-17(23)18-8-13(3)22-27-18/h8-9,12,17H,5-7,10-11H2,1-4H3. The summed E-state index contributed by atoms with van der Waals surface area (Å²) in [6, 6.07) is 4.32. The summed E-state index contributed by atoms with van der Waals surface area (Å²) in [5.74, 6) is 1.56. The van der Waals surface area contributed by atoms with Crippen molar-refractivity contribution in [3.05, 3.63) is 40.4 Å². The maximum atomic E-state index is 12.7. The molecule has 1 amide bonds. The normalized spacial score (nSPS) is 20.0. The molecule has 1 saturated heterocycles. The number of likely N-dealkylation sites (tertiary alicyclic amines) is 1. The van der Waals surface area contributed by atoms with Crippen LogP contribution in [0.25, 0.3) is 0 Å². The van der Waals surface area contributed by atoms with Gasteiger partial charge >= 0.3 is 0 Å². The second-order valence-corrected chi connectivity index (χ2v) is 7.68. The molecule has 7 heteroatoms. The largest absolute Gasteiger partial charge is 0.481 e.